The molecule has 0 fully saturated rings. The fourth-order valence-electron chi connectivity index (χ4n) is 2.82. The smallest absolute Gasteiger partial charge is 0.255 e. The summed E-state index contributed by atoms with van der Waals surface area (Å²) in [6.45, 7) is 3.79. The van der Waals surface area contributed by atoms with Gasteiger partial charge in [0.15, 0.2) is 0 Å². The van der Waals surface area contributed by atoms with Gasteiger partial charge in [-0.1, -0.05) is 49.1 Å². The minimum absolute atomic E-state index is 0.197. The first-order chi connectivity index (χ1) is 14.5. The van der Waals surface area contributed by atoms with Crippen LogP contribution in [0.15, 0.2) is 84.9 Å². The molecule has 5 nitrogen and oxygen atoms in total. The molecule has 3 N–H and O–H groups in total. The lowest BCUT2D eigenvalue weighted by atomic mass is 10.1. The van der Waals surface area contributed by atoms with Crippen molar-refractivity contribution in [2.75, 3.05) is 18.6 Å². The highest BCUT2D eigenvalue weighted by Gasteiger charge is 2.19. The number of carbonyl (C=O) groups is 1. The summed E-state index contributed by atoms with van der Waals surface area (Å²) in [7, 11) is 0. The minimum Gasteiger partial charge on any atom is -0.394 e. The number of halogens is 2. The van der Waals surface area contributed by atoms with Gasteiger partial charge in [-0.05, 0) is 36.3 Å². The number of nitrogens with one attached hydrogen (secondary N) is 2. The Balaban J connectivity index is 2.22. The van der Waals surface area contributed by atoms with Gasteiger partial charge in [0.25, 0.3) is 5.91 Å². The third-order valence-electron chi connectivity index (χ3n) is 4.36. The number of hydrogen-bond acceptors (Lipinski definition) is 4. The first kappa shape index (κ1) is 23.0. The summed E-state index contributed by atoms with van der Waals surface area (Å²) in [5.74, 6) is -1.10. The highest BCUT2D eigenvalue weighted by molar-refractivity contribution is 5.99. The molecule has 0 aliphatic rings. The van der Waals surface area contributed by atoms with E-state index in [4.69, 9.17) is 0 Å². The monoisotopic (exact) mass is 413 g/mol. The Hall–Kier alpha value is -3.32. The number of aromatic nitrogens is 1. The van der Waals surface area contributed by atoms with Gasteiger partial charge < -0.3 is 15.7 Å². The molecule has 2 aromatic rings. The number of pyridine rings is 1. The molecule has 0 aliphatic carbocycles. The highest BCUT2D eigenvalue weighted by Crippen LogP contribution is 2.21. The van der Waals surface area contributed by atoms with E-state index >= 15 is 0 Å². The summed E-state index contributed by atoms with van der Waals surface area (Å²) in [5.41, 5.74) is 1.46. The largest absolute Gasteiger partial charge is 0.394 e. The lowest BCUT2D eigenvalue weighted by Gasteiger charge is -2.20. The third kappa shape index (κ3) is 6.35. The number of alkyl halides is 1. The van der Waals surface area contributed by atoms with Crippen LogP contribution in [0.25, 0.3) is 0 Å². The topological polar surface area (TPSA) is 74.2 Å². The molecule has 2 atom stereocenters. The average molecular weight is 413 g/mol. The van der Waals surface area contributed by atoms with Gasteiger partial charge in [0, 0.05) is 6.20 Å². The molecule has 1 heterocycles. The van der Waals surface area contributed by atoms with Crippen LogP contribution in [0.3, 0.4) is 0 Å². The van der Waals surface area contributed by atoms with Gasteiger partial charge in [-0.3, -0.25) is 4.79 Å². The predicted molar refractivity (Wildman–Crippen MR) is 115 cm³/mol. The zero-order valence-corrected chi connectivity index (χ0v) is 16.7. The lowest BCUT2D eigenvalue weighted by molar-refractivity contribution is 0.0946. The second-order valence-electron chi connectivity index (χ2n) is 6.51. The van der Waals surface area contributed by atoms with Crippen LogP contribution < -0.4 is 10.6 Å². The molecule has 0 saturated heterocycles. The summed E-state index contributed by atoms with van der Waals surface area (Å²) < 4.78 is 25.9. The van der Waals surface area contributed by atoms with Crippen molar-refractivity contribution < 1.29 is 18.7 Å². The fraction of sp³-hybridized carbons (Fsp3) is 0.217. The van der Waals surface area contributed by atoms with Gasteiger partial charge in [-0.2, -0.15) is 0 Å². The molecule has 0 spiro atoms. The van der Waals surface area contributed by atoms with Crippen LogP contribution in [0.2, 0.25) is 0 Å². The van der Waals surface area contributed by atoms with Crippen LogP contribution in [0.1, 0.15) is 28.9 Å². The number of aliphatic hydroxyl groups is 1. The standard InChI is InChI=1S/C23H25F2N3O2/c1-3-8-18(13-19(25)14-24)16(2)27-23(30)20-11-7-12-26-22(20)28-21(15-29)17-9-5-4-6-10-17/h3-13,16,21,29H,1,14-15H2,2H3,(H,26,28)(H,27,30)/b18-8+,19-13+/t16-,21-/m0/s1. The van der Waals surface area contributed by atoms with Crippen molar-refractivity contribution in [1.82, 2.24) is 10.3 Å². The quantitative estimate of drug-likeness (QED) is 0.508. The molecule has 1 amide bonds. The Morgan fingerprint density at radius 2 is 2.00 bits per heavy atom. The van der Waals surface area contributed by atoms with E-state index in [1.54, 1.807) is 19.1 Å². The van der Waals surface area contributed by atoms with Gasteiger partial charge in [0.2, 0.25) is 0 Å². The number of anilines is 1. The van der Waals surface area contributed by atoms with Crippen LogP contribution in [-0.4, -0.2) is 35.3 Å². The van der Waals surface area contributed by atoms with Crippen molar-refractivity contribution in [2.45, 2.75) is 19.0 Å². The van der Waals surface area contributed by atoms with Crippen molar-refractivity contribution >= 4 is 11.7 Å². The van der Waals surface area contributed by atoms with E-state index in [-0.39, 0.29) is 12.2 Å². The Bertz CT molecular complexity index is 914. The van der Waals surface area contributed by atoms with Gasteiger partial charge >= 0.3 is 0 Å². The first-order valence-corrected chi connectivity index (χ1v) is 9.43. The minimum atomic E-state index is -1.23. The van der Waals surface area contributed by atoms with Crippen molar-refractivity contribution in [1.29, 1.82) is 0 Å². The maximum atomic E-state index is 13.4. The van der Waals surface area contributed by atoms with E-state index in [2.05, 4.69) is 22.2 Å². The third-order valence-corrected chi connectivity index (χ3v) is 4.36. The summed E-state index contributed by atoms with van der Waals surface area (Å²) in [6, 6.07) is 11.4. The molecule has 7 heteroatoms. The number of hydrogen-bond donors (Lipinski definition) is 3. The molecular weight excluding hydrogens is 388 g/mol. The van der Waals surface area contributed by atoms with E-state index in [0.717, 1.165) is 11.6 Å². The van der Waals surface area contributed by atoms with Gasteiger partial charge in [-0.25, -0.2) is 13.8 Å². The number of nitrogens with zero attached hydrogens (tertiary/aromatic N) is 1. The summed E-state index contributed by atoms with van der Waals surface area (Å²) in [6.07, 6.45) is 5.50. The van der Waals surface area contributed by atoms with Crippen LogP contribution in [-0.2, 0) is 0 Å². The molecule has 0 saturated carbocycles. The maximum Gasteiger partial charge on any atom is 0.255 e. The molecule has 0 unspecified atom stereocenters. The number of rotatable bonds is 10. The lowest BCUT2D eigenvalue weighted by Crippen LogP contribution is -2.34. The van der Waals surface area contributed by atoms with Crippen LogP contribution in [0.5, 0.6) is 0 Å². The van der Waals surface area contributed by atoms with E-state index in [1.165, 1.54) is 18.3 Å². The Morgan fingerprint density at radius 3 is 2.63 bits per heavy atom. The molecule has 0 aliphatic heterocycles. The van der Waals surface area contributed by atoms with Crippen molar-refractivity contribution in [3.63, 3.8) is 0 Å². The van der Waals surface area contributed by atoms with Crippen LogP contribution in [0, 0.1) is 0 Å². The van der Waals surface area contributed by atoms with E-state index in [1.807, 2.05) is 30.3 Å². The zero-order chi connectivity index (χ0) is 21.9. The fourth-order valence-corrected chi connectivity index (χ4v) is 2.82. The van der Waals surface area contributed by atoms with E-state index in [9.17, 15) is 18.7 Å². The second-order valence-corrected chi connectivity index (χ2v) is 6.51. The number of aliphatic hydroxyl groups excluding tert-OH is 1. The molecule has 158 valence electrons. The number of carbonyl (C=O) groups excluding carboxylic acids is 1. The summed E-state index contributed by atoms with van der Waals surface area (Å²) in [5, 5.41) is 15.6. The summed E-state index contributed by atoms with van der Waals surface area (Å²) in [4.78, 5) is 17.1. The Labute approximate surface area is 174 Å². The van der Waals surface area contributed by atoms with Crippen LogP contribution >= 0.6 is 0 Å². The molecule has 1 aromatic carbocycles. The van der Waals surface area contributed by atoms with Crippen molar-refractivity contribution in [3.05, 3.63) is 96.0 Å². The number of allylic oxidation sites excluding steroid dienone is 3. The second kappa shape index (κ2) is 11.6. The maximum absolute atomic E-state index is 13.4. The van der Waals surface area contributed by atoms with Crippen molar-refractivity contribution in [3.8, 4) is 0 Å². The molecule has 30 heavy (non-hydrogen) atoms. The zero-order valence-electron chi connectivity index (χ0n) is 16.7. The highest BCUT2D eigenvalue weighted by atomic mass is 19.2. The van der Waals surface area contributed by atoms with Gasteiger partial charge in [0.05, 0.1) is 24.3 Å². The molecule has 0 bridgehead atoms. The van der Waals surface area contributed by atoms with Crippen LogP contribution in [0.4, 0.5) is 14.6 Å². The predicted octanol–water partition coefficient (Wildman–Crippen LogP) is 4.28. The number of benzene rings is 1. The average Bonchev–Trinajstić information content (AvgIpc) is 2.77. The number of amides is 1. The Morgan fingerprint density at radius 1 is 1.27 bits per heavy atom. The van der Waals surface area contributed by atoms with Gasteiger partial charge in [0.1, 0.15) is 18.3 Å². The van der Waals surface area contributed by atoms with E-state index < -0.39 is 30.5 Å². The van der Waals surface area contributed by atoms with Crippen molar-refractivity contribution in [2.24, 2.45) is 0 Å². The first-order valence-electron chi connectivity index (χ1n) is 9.43. The molecule has 2 rings (SSSR count). The summed E-state index contributed by atoms with van der Waals surface area (Å²) >= 11 is 0. The molecule has 0 radical (unpaired) electrons. The SMILES string of the molecule is C=C/C=C(\C=C(\F)CF)[C@H](C)NC(=O)c1cccnc1N[C@@H](CO)c1ccccc1. The normalized spacial score (nSPS) is 14.0. The van der Waals surface area contributed by atoms with Gasteiger partial charge in [-0.15, -0.1) is 0 Å². The Kier molecular flexibility index (Phi) is 8.90. The molecule has 1 aromatic heterocycles. The molecular formula is C23H25F2N3O2. The van der Waals surface area contributed by atoms with E-state index in [0.29, 0.717) is 11.4 Å².